The van der Waals surface area contributed by atoms with E-state index in [2.05, 4.69) is 0 Å². The molecule has 0 rings (SSSR count). The first-order valence-corrected chi connectivity index (χ1v) is 3.22. The summed E-state index contributed by atoms with van der Waals surface area (Å²) < 4.78 is -0.430. The predicted molar refractivity (Wildman–Crippen MR) is 18.8 cm³/mol. The third-order valence-electron chi connectivity index (χ3n) is 0.187. The molecule has 0 fully saturated rings. The molecule has 3 heteroatoms. The van der Waals surface area contributed by atoms with E-state index in [0.29, 0.717) is 0 Å². The van der Waals surface area contributed by atoms with Gasteiger partial charge in [0.2, 0.25) is 0 Å². The van der Waals surface area contributed by atoms with E-state index in [1.165, 1.54) is 0 Å². The van der Waals surface area contributed by atoms with Crippen LogP contribution in [0.4, 0.5) is 0 Å². The molecule has 0 saturated carbocycles. The average molecular weight is 176 g/mol. The van der Waals surface area contributed by atoms with Crippen molar-refractivity contribution in [1.29, 1.82) is 0 Å². The second-order valence-corrected chi connectivity index (χ2v) is 2.95. The molecule has 0 bridgehead atoms. The molecule has 5 heavy (non-hydrogen) atoms. The monoisotopic (exact) mass is 176 g/mol. The van der Waals surface area contributed by atoms with Crippen LogP contribution in [0.5, 0.6) is 0 Å². The van der Waals surface area contributed by atoms with Crippen molar-refractivity contribution < 1.29 is 10.2 Å². The molecule has 0 aromatic heterocycles. The van der Waals surface area contributed by atoms with Gasteiger partial charge in [-0.1, -0.05) is 0 Å². The van der Waals surface area contributed by atoms with E-state index in [9.17, 15) is 0 Å². The standard InChI is InChI=1S/C2H5O2.In/c3-1-2-4;/h1,3-4H,2H2;. The molecule has 0 aliphatic heterocycles. The van der Waals surface area contributed by atoms with E-state index in [1.807, 2.05) is 0 Å². The van der Waals surface area contributed by atoms with Crippen LogP contribution in [0, 0.1) is 0 Å². The fourth-order valence-corrected chi connectivity index (χ4v) is 0. The first-order chi connectivity index (χ1) is 2.27. The Kier molecular flexibility index (Phi) is 3.47. The van der Waals surface area contributed by atoms with Crippen molar-refractivity contribution in [3.8, 4) is 0 Å². The summed E-state index contributed by atoms with van der Waals surface area (Å²) in [7, 11) is 0. The number of hydrogen-bond acceptors (Lipinski definition) is 2. The number of aliphatic hydroxyl groups is 2. The molecule has 0 aromatic rings. The number of hydrogen-bond donors (Lipinski definition) is 2. The molecule has 0 unspecified atom stereocenters. The fraction of sp³-hybridized carbons (Fsp3) is 1.00. The maximum absolute atomic E-state index is 8.17. The summed E-state index contributed by atoms with van der Waals surface area (Å²) in [6, 6.07) is 0. The van der Waals surface area contributed by atoms with Crippen molar-refractivity contribution in [2.24, 2.45) is 0 Å². The van der Waals surface area contributed by atoms with Gasteiger partial charge in [-0.2, -0.15) is 0 Å². The molecular weight excluding hydrogens is 171 g/mol. The van der Waals surface area contributed by atoms with E-state index in [-0.39, 0.29) is 6.61 Å². The summed E-state index contributed by atoms with van der Waals surface area (Å²) in [4.78, 5) is 0. The quantitative estimate of drug-likeness (QED) is 0.508. The van der Waals surface area contributed by atoms with Gasteiger partial charge in [0.1, 0.15) is 0 Å². The zero-order chi connectivity index (χ0) is 4.28. The summed E-state index contributed by atoms with van der Waals surface area (Å²) in [5.41, 5.74) is 0. The number of aliphatic hydroxyl groups excluding tert-OH is 2. The van der Waals surface area contributed by atoms with Gasteiger partial charge in [0.05, 0.1) is 0 Å². The minimum atomic E-state index is -0.430. The minimum absolute atomic E-state index is 0.0811. The molecule has 28 valence electrons. The molecule has 0 aliphatic rings. The Morgan fingerprint density at radius 2 is 2.00 bits per heavy atom. The summed E-state index contributed by atoms with van der Waals surface area (Å²) in [5.74, 6) is 0. The van der Waals surface area contributed by atoms with Crippen molar-refractivity contribution in [2.45, 2.75) is 3.86 Å². The van der Waals surface area contributed by atoms with Crippen LogP contribution in [0.3, 0.4) is 0 Å². The Balaban J connectivity index is 2.54. The third kappa shape index (κ3) is 4.79. The van der Waals surface area contributed by atoms with Gasteiger partial charge in [-0.05, 0) is 0 Å². The van der Waals surface area contributed by atoms with Gasteiger partial charge in [-0.3, -0.25) is 0 Å². The van der Waals surface area contributed by atoms with Crippen LogP contribution in [0.2, 0.25) is 0 Å². The van der Waals surface area contributed by atoms with E-state index in [1.54, 1.807) is 0 Å². The van der Waals surface area contributed by atoms with Crippen LogP contribution in [0.1, 0.15) is 0 Å². The molecule has 2 radical (unpaired) electrons. The van der Waals surface area contributed by atoms with Crippen molar-refractivity contribution in [3.05, 3.63) is 0 Å². The Bertz CT molecular complexity index is 21.6. The van der Waals surface area contributed by atoms with Gasteiger partial charge in [0.25, 0.3) is 0 Å². The van der Waals surface area contributed by atoms with Gasteiger partial charge in [0, 0.05) is 0 Å². The predicted octanol–water partition coefficient (Wildman–Crippen LogP) is -1.53. The summed E-state index contributed by atoms with van der Waals surface area (Å²) >= 11 is 0.730. The zero-order valence-corrected chi connectivity index (χ0v) is 6.05. The molecule has 2 N–H and O–H groups in total. The summed E-state index contributed by atoms with van der Waals surface area (Å²) in [6.45, 7) is -0.0811. The maximum atomic E-state index is 8.17. The fourth-order valence-electron chi connectivity index (χ4n) is 0. The average Bonchev–Trinajstić information content (AvgIpc) is 1.38. The Hall–Kier alpha value is 0.790. The van der Waals surface area contributed by atoms with Crippen LogP contribution >= 0.6 is 0 Å². The van der Waals surface area contributed by atoms with Gasteiger partial charge >= 0.3 is 45.1 Å². The van der Waals surface area contributed by atoms with Crippen molar-refractivity contribution in [3.63, 3.8) is 0 Å². The molecule has 0 heterocycles. The second-order valence-electron chi connectivity index (χ2n) is 0.750. The van der Waals surface area contributed by atoms with Gasteiger partial charge < -0.3 is 0 Å². The topological polar surface area (TPSA) is 40.5 Å². The summed E-state index contributed by atoms with van der Waals surface area (Å²) in [6.07, 6.45) is 0. The number of rotatable bonds is 1. The van der Waals surface area contributed by atoms with E-state index in [4.69, 9.17) is 10.2 Å². The van der Waals surface area contributed by atoms with Crippen LogP contribution in [0.25, 0.3) is 0 Å². The van der Waals surface area contributed by atoms with Crippen molar-refractivity contribution in [1.82, 2.24) is 0 Å². The van der Waals surface area contributed by atoms with Gasteiger partial charge in [0.15, 0.2) is 0 Å². The van der Waals surface area contributed by atoms with E-state index in [0.717, 1.165) is 24.4 Å². The van der Waals surface area contributed by atoms with Crippen LogP contribution < -0.4 is 0 Å². The normalized spacial score (nSPS) is 14.8. The molecule has 2 nitrogen and oxygen atoms in total. The van der Waals surface area contributed by atoms with Gasteiger partial charge in [-0.15, -0.1) is 0 Å². The second kappa shape index (κ2) is 3.00. The van der Waals surface area contributed by atoms with Crippen LogP contribution in [-0.4, -0.2) is 45.1 Å². The summed E-state index contributed by atoms with van der Waals surface area (Å²) in [5, 5.41) is 16.1. The molecule has 1 atom stereocenters. The van der Waals surface area contributed by atoms with E-state index < -0.39 is 3.86 Å². The third-order valence-corrected chi connectivity index (χ3v) is 0.789. The van der Waals surface area contributed by atoms with Crippen molar-refractivity contribution >= 4 is 24.4 Å². The first-order valence-electron chi connectivity index (χ1n) is 1.32. The molecule has 0 spiro atoms. The van der Waals surface area contributed by atoms with E-state index >= 15 is 0 Å². The molecular formula is C2H5InO2. The molecule has 0 aromatic carbocycles. The molecule has 0 aliphatic carbocycles. The van der Waals surface area contributed by atoms with Crippen molar-refractivity contribution in [2.75, 3.05) is 6.61 Å². The Morgan fingerprint density at radius 1 is 1.80 bits per heavy atom. The molecule has 0 saturated heterocycles. The van der Waals surface area contributed by atoms with Crippen LogP contribution in [0.15, 0.2) is 0 Å². The first kappa shape index (κ1) is 5.79. The molecule has 0 amide bonds. The Morgan fingerprint density at radius 3 is 2.00 bits per heavy atom. The Labute approximate surface area is 45.4 Å². The van der Waals surface area contributed by atoms with Crippen LogP contribution in [-0.2, 0) is 0 Å². The van der Waals surface area contributed by atoms with Gasteiger partial charge in [-0.25, -0.2) is 0 Å². The SMILES string of the molecule is OC[C@@H](O)[In]. The zero-order valence-electron chi connectivity index (χ0n) is 2.76.